The van der Waals surface area contributed by atoms with Crippen LogP contribution in [-0.4, -0.2) is 35.5 Å². The predicted molar refractivity (Wildman–Crippen MR) is 111 cm³/mol. The van der Waals surface area contributed by atoms with Gasteiger partial charge in [0, 0.05) is 37.1 Å². The molecule has 0 spiro atoms. The lowest BCUT2D eigenvalue weighted by molar-refractivity contribution is -0.107. The van der Waals surface area contributed by atoms with Crippen molar-refractivity contribution >= 4 is 34.9 Å². The molecule has 2 aromatic carbocycles. The molecule has 0 radical (unpaired) electrons. The number of nitrogens with zero attached hydrogens (tertiary/aromatic N) is 3. The van der Waals surface area contributed by atoms with Gasteiger partial charge in [0.1, 0.15) is 23.1 Å². The van der Waals surface area contributed by atoms with Crippen molar-refractivity contribution in [3.8, 4) is 17.2 Å². The maximum absolute atomic E-state index is 10.9. The van der Waals surface area contributed by atoms with Crippen LogP contribution in [0.4, 0.5) is 17.5 Å². The summed E-state index contributed by atoms with van der Waals surface area (Å²) in [6.07, 6.45) is 2.29. The Bertz CT molecular complexity index is 1160. The summed E-state index contributed by atoms with van der Waals surface area (Å²) >= 11 is 0. The topological polar surface area (TPSA) is 92.4 Å². The summed E-state index contributed by atoms with van der Waals surface area (Å²) < 4.78 is 11.2. The molecule has 0 aliphatic carbocycles. The molecule has 0 bridgehead atoms. The van der Waals surface area contributed by atoms with Gasteiger partial charge in [-0.3, -0.25) is 4.79 Å². The Kier molecular flexibility index (Phi) is 4.98. The molecule has 0 aliphatic rings. The molecule has 0 saturated carbocycles. The number of aromatic amines is 1. The second kappa shape index (κ2) is 7.89. The molecule has 2 aromatic heterocycles. The Morgan fingerprint density at radius 2 is 1.93 bits per heavy atom. The average Bonchev–Trinajstić information content (AvgIpc) is 3.15. The second-order valence-corrected chi connectivity index (χ2v) is 6.29. The minimum absolute atomic E-state index is 0.505. The number of carbonyl (C=O) groups is 1. The Morgan fingerprint density at radius 1 is 1.07 bits per heavy atom. The molecule has 2 N–H and O–H groups in total. The molecule has 8 heteroatoms. The number of aromatic nitrogens is 3. The van der Waals surface area contributed by atoms with E-state index in [1.807, 2.05) is 42.5 Å². The summed E-state index contributed by atoms with van der Waals surface area (Å²) in [7, 11) is 3.26. The molecule has 0 saturated heterocycles. The first-order chi connectivity index (χ1) is 14.1. The third-order valence-electron chi connectivity index (χ3n) is 4.26. The first kappa shape index (κ1) is 18.3. The van der Waals surface area contributed by atoms with Gasteiger partial charge in [-0.2, -0.15) is 0 Å². The van der Waals surface area contributed by atoms with Gasteiger partial charge >= 0.3 is 0 Å². The molecule has 1 amide bonds. The highest BCUT2D eigenvalue weighted by atomic mass is 16.5. The first-order valence-electron chi connectivity index (χ1n) is 8.87. The van der Waals surface area contributed by atoms with Gasteiger partial charge in [0.2, 0.25) is 12.4 Å². The number of pyridine rings is 1. The highest BCUT2D eigenvalue weighted by Crippen LogP contribution is 2.28. The van der Waals surface area contributed by atoms with E-state index in [0.29, 0.717) is 29.7 Å². The van der Waals surface area contributed by atoms with E-state index >= 15 is 0 Å². The molecule has 0 aliphatic heterocycles. The van der Waals surface area contributed by atoms with E-state index in [9.17, 15) is 4.79 Å². The van der Waals surface area contributed by atoms with Crippen molar-refractivity contribution in [1.82, 2.24) is 15.0 Å². The van der Waals surface area contributed by atoms with Gasteiger partial charge in [-0.05, 0) is 30.3 Å². The Morgan fingerprint density at radius 3 is 2.76 bits per heavy atom. The second-order valence-electron chi connectivity index (χ2n) is 6.29. The Balaban J connectivity index is 1.54. The molecule has 146 valence electrons. The normalized spacial score (nSPS) is 10.6. The molecule has 4 rings (SSSR count). The molecule has 29 heavy (non-hydrogen) atoms. The number of H-pyrrole nitrogens is 1. The number of benzene rings is 2. The number of amides is 1. The van der Waals surface area contributed by atoms with Gasteiger partial charge in [0.15, 0.2) is 0 Å². The standard InChI is InChI=1S/C21H19N5O3/c1-26(13-27)20-12-17(8-9-22-20)29-16-6-7-18-19(11-16)25-21(24-18)23-14-4-3-5-15(10-14)28-2/h3-13H,1-2H3,(H2,23,24,25). The summed E-state index contributed by atoms with van der Waals surface area (Å²) in [6, 6.07) is 16.6. The molecule has 0 atom stereocenters. The zero-order valence-electron chi connectivity index (χ0n) is 15.9. The number of hydrogen-bond donors (Lipinski definition) is 2. The van der Waals surface area contributed by atoms with Crippen LogP contribution in [0.15, 0.2) is 60.8 Å². The fraction of sp³-hybridized carbons (Fsp3) is 0.0952. The zero-order chi connectivity index (χ0) is 20.2. The Hall–Kier alpha value is -4.07. The van der Waals surface area contributed by atoms with E-state index in [-0.39, 0.29) is 0 Å². The lowest BCUT2D eigenvalue weighted by atomic mass is 10.3. The number of carbonyl (C=O) groups excluding carboxylic acids is 1. The number of fused-ring (bicyclic) bond motifs is 1. The molecule has 4 aromatic rings. The van der Waals surface area contributed by atoms with E-state index in [0.717, 1.165) is 22.5 Å². The van der Waals surface area contributed by atoms with Crippen LogP contribution in [0.2, 0.25) is 0 Å². The first-order valence-corrected chi connectivity index (χ1v) is 8.87. The molecular weight excluding hydrogens is 370 g/mol. The summed E-state index contributed by atoms with van der Waals surface area (Å²) in [4.78, 5) is 24.2. The van der Waals surface area contributed by atoms with Crippen LogP contribution in [0, 0.1) is 0 Å². The average molecular weight is 389 g/mol. The highest BCUT2D eigenvalue weighted by Gasteiger charge is 2.08. The third-order valence-corrected chi connectivity index (χ3v) is 4.26. The number of hydrogen-bond acceptors (Lipinski definition) is 6. The Labute approximate surface area is 167 Å². The van der Waals surface area contributed by atoms with E-state index < -0.39 is 0 Å². The number of nitrogens with one attached hydrogen (secondary N) is 2. The quantitative estimate of drug-likeness (QED) is 0.463. The monoisotopic (exact) mass is 389 g/mol. The van der Waals surface area contributed by atoms with Gasteiger partial charge < -0.3 is 24.7 Å². The van der Waals surface area contributed by atoms with Crippen LogP contribution in [0.5, 0.6) is 17.2 Å². The maximum Gasteiger partial charge on any atom is 0.215 e. The van der Waals surface area contributed by atoms with E-state index in [2.05, 4.69) is 20.3 Å². The molecule has 8 nitrogen and oxygen atoms in total. The van der Waals surface area contributed by atoms with Crippen LogP contribution in [0.1, 0.15) is 0 Å². The van der Waals surface area contributed by atoms with Crippen molar-refractivity contribution in [1.29, 1.82) is 0 Å². The van der Waals surface area contributed by atoms with Crippen LogP contribution >= 0.6 is 0 Å². The number of rotatable bonds is 7. The number of ether oxygens (including phenoxy) is 2. The minimum Gasteiger partial charge on any atom is -0.497 e. The van der Waals surface area contributed by atoms with Gasteiger partial charge in [-0.15, -0.1) is 0 Å². The summed E-state index contributed by atoms with van der Waals surface area (Å²) in [5.41, 5.74) is 2.49. The van der Waals surface area contributed by atoms with E-state index in [1.165, 1.54) is 4.90 Å². The number of imidazole rings is 1. The van der Waals surface area contributed by atoms with E-state index in [1.54, 1.807) is 32.5 Å². The van der Waals surface area contributed by atoms with Crippen LogP contribution in [0.3, 0.4) is 0 Å². The van der Waals surface area contributed by atoms with Crippen LogP contribution < -0.4 is 19.7 Å². The summed E-state index contributed by atoms with van der Waals surface area (Å²) in [6.45, 7) is 0. The number of anilines is 3. The summed E-state index contributed by atoms with van der Waals surface area (Å²) in [5, 5.41) is 3.23. The largest absolute Gasteiger partial charge is 0.497 e. The SMILES string of the molecule is COc1cccc(Nc2nc3ccc(Oc4ccnc(N(C)C=O)c4)cc3[nH]2)c1. The van der Waals surface area contributed by atoms with Crippen molar-refractivity contribution in [3.05, 3.63) is 60.8 Å². The third kappa shape index (κ3) is 4.11. The van der Waals surface area contributed by atoms with Gasteiger partial charge in [0.25, 0.3) is 0 Å². The van der Waals surface area contributed by atoms with Gasteiger partial charge in [-0.1, -0.05) is 6.07 Å². The van der Waals surface area contributed by atoms with Crippen LogP contribution in [-0.2, 0) is 4.79 Å². The number of methoxy groups -OCH3 is 1. The minimum atomic E-state index is 0.505. The van der Waals surface area contributed by atoms with E-state index in [4.69, 9.17) is 9.47 Å². The highest BCUT2D eigenvalue weighted by molar-refractivity contribution is 5.80. The van der Waals surface area contributed by atoms with Crippen molar-refractivity contribution < 1.29 is 14.3 Å². The lowest BCUT2D eigenvalue weighted by Crippen LogP contribution is -2.14. The smallest absolute Gasteiger partial charge is 0.215 e. The molecule has 0 fully saturated rings. The van der Waals surface area contributed by atoms with Gasteiger partial charge in [0.05, 0.1) is 18.1 Å². The molecule has 0 unspecified atom stereocenters. The van der Waals surface area contributed by atoms with Crippen molar-refractivity contribution in [2.45, 2.75) is 0 Å². The zero-order valence-corrected chi connectivity index (χ0v) is 15.9. The maximum atomic E-state index is 10.9. The van der Waals surface area contributed by atoms with Gasteiger partial charge in [-0.25, -0.2) is 9.97 Å². The summed E-state index contributed by atoms with van der Waals surface area (Å²) in [5.74, 6) is 3.10. The fourth-order valence-electron chi connectivity index (χ4n) is 2.80. The molecular formula is C21H19N5O3. The van der Waals surface area contributed by atoms with Crippen molar-refractivity contribution in [2.24, 2.45) is 0 Å². The van der Waals surface area contributed by atoms with Crippen molar-refractivity contribution in [2.75, 3.05) is 24.4 Å². The molecule has 2 heterocycles. The van der Waals surface area contributed by atoms with Crippen LogP contribution in [0.25, 0.3) is 11.0 Å². The fourth-order valence-corrected chi connectivity index (χ4v) is 2.80. The predicted octanol–water partition coefficient (Wildman–Crippen LogP) is 4.10. The van der Waals surface area contributed by atoms with Crippen molar-refractivity contribution in [3.63, 3.8) is 0 Å². The lowest BCUT2D eigenvalue weighted by Gasteiger charge is -2.11.